The summed E-state index contributed by atoms with van der Waals surface area (Å²) < 4.78 is 0. The molecule has 0 amide bonds. The molecule has 0 heterocycles. The quantitative estimate of drug-likeness (QED) is 0.241. The minimum Gasteiger partial charge on any atom is -0.384 e. The molecule has 4 aromatic rings. The van der Waals surface area contributed by atoms with Crippen molar-refractivity contribution in [2.24, 2.45) is 11.3 Å². The monoisotopic (exact) mass is 578 g/mol. The second kappa shape index (κ2) is 11.2. The summed E-state index contributed by atoms with van der Waals surface area (Å²) in [4.78, 5) is 14.6. The van der Waals surface area contributed by atoms with Gasteiger partial charge in [0.1, 0.15) is 5.60 Å². The molecule has 204 valence electrons. The zero-order valence-electron chi connectivity index (χ0n) is 22.7. The maximum absolute atomic E-state index is 14.6. The normalized spacial score (nSPS) is 23.2. The zero-order chi connectivity index (χ0) is 29.4. The Labute approximate surface area is 250 Å². The van der Waals surface area contributed by atoms with Gasteiger partial charge in [0.2, 0.25) is 0 Å². The second-order valence-corrected chi connectivity index (χ2v) is 11.8. The number of halogens is 2. The molecule has 1 saturated carbocycles. The molecule has 5 rings (SSSR count). The number of benzene rings is 4. The average Bonchev–Trinajstić information content (AvgIpc) is 2.98. The molecule has 0 spiro atoms. The van der Waals surface area contributed by atoms with Crippen molar-refractivity contribution in [3.8, 4) is 12.1 Å². The van der Waals surface area contributed by atoms with Gasteiger partial charge in [0.25, 0.3) is 0 Å². The van der Waals surface area contributed by atoms with Gasteiger partial charge >= 0.3 is 0 Å². The topological polar surface area (TPSA) is 84.9 Å². The fraction of sp³-hybridized carbons (Fsp3) is 0.229. The smallest absolute Gasteiger partial charge is 0.169 e. The van der Waals surface area contributed by atoms with Gasteiger partial charge in [0.05, 0.1) is 18.1 Å². The molecule has 1 aliphatic rings. The van der Waals surface area contributed by atoms with Crippen LogP contribution < -0.4 is 0 Å². The first-order valence-corrected chi connectivity index (χ1v) is 14.1. The van der Waals surface area contributed by atoms with Gasteiger partial charge in [-0.15, -0.1) is 0 Å². The number of ketones is 1. The van der Waals surface area contributed by atoms with Crippen LogP contribution >= 0.6 is 23.2 Å². The van der Waals surface area contributed by atoms with E-state index in [9.17, 15) is 20.4 Å². The van der Waals surface area contributed by atoms with E-state index in [0.29, 0.717) is 32.3 Å². The third-order valence-corrected chi connectivity index (χ3v) is 8.95. The van der Waals surface area contributed by atoms with Gasteiger partial charge in [0, 0.05) is 27.4 Å². The number of nitrogens with zero attached hydrogens (tertiary/aromatic N) is 2. The lowest BCUT2D eigenvalue weighted by Gasteiger charge is -2.53. The molecule has 1 aliphatic carbocycles. The number of hydrogen-bond donors (Lipinski definition) is 1. The standard InChI is InChI=1S/C35H28Cl2N2O2/c1-22-3-7-25(8-4-22)31-32(33(40)26-9-5-23(2)6-10-26)35(41,27-13-17-29(37)18-14-27)19-30(34(31,20-38)21-39)24-11-15-28(36)16-12-24/h3-18,30-32,41H,19H2,1-2H3/t30-,31-,32-,35-/m0/s1. The lowest BCUT2D eigenvalue weighted by molar-refractivity contribution is -0.0783. The number of aliphatic hydroxyl groups is 1. The zero-order valence-corrected chi connectivity index (χ0v) is 24.2. The highest BCUT2D eigenvalue weighted by Crippen LogP contribution is 2.63. The highest BCUT2D eigenvalue weighted by atomic mass is 35.5. The largest absolute Gasteiger partial charge is 0.384 e. The summed E-state index contributed by atoms with van der Waals surface area (Å²) in [6.07, 6.45) is -0.0397. The Morgan fingerprint density at radius 2 is 1.22 bits per heavy atom. The Kier molecular flexibility index (Phi) is 7.78. The summed E-state index contributed by atoms with van der Waals surface area (Å²) in [5, 5.41) is 35.6. The maximum Gasteiger partial charge on any atom is 0.169 e. The summed E-state index contributed by atoms with van der Waals surface area (Å²) >= 11 is 12.4. The van der Waals surface area contributed by atoms with Crippen molar-refractivity contribution in [3.05, 3.63) is 140 Å². The third-order valence-electron chi connectivity index (χ3n) is 8.44. The molecule has 4 atom stereocenters. The number of rotatable bonds is 5. The van der Waals surface area contributed by atoms with Crippen LogP contribution in [0.25, 0.3) is 0 Å². The van der Waals surface area contributed by atoms with Gasteiger partial charge in [-0.2, -0.15) is 10.5 Å². The Balaban J connectivity index is 1.85. The molecule has 0 bridgehead atoms. The Hall–Kier alpha value is -3.93. The van der Waals surface area contributed by atoms with Crippen LogP contribution in [0, 0.1) is 47.8 Å². The number of Topliss-reactive ketones (excluding diaryl/α,β-unsaturated/α-hetero) is 1. The van der Waals surface area contributed by atoms with Crippen LogP contribution in [-0.2, 0) is 5.60 Å². The van der Waals surface area contributed by atoms with Crippen molar-refractivity contribution in [1.82, 2.24) is 0 Å². The van der Waals surface area contributed by atoms with E-state index >= 15 is 0 Å². The maximum atomic E-state index is 14.6. The van der Waals surface area contributed by atoms with Crippen molar-refractivity contribution < 1.29 is 9.90 Å². The summed E-state index contributed by atoms with van der Waals surface area (Å²) in [6.45, 7) is 3.88. The van der Waals surface area contributed by atoms with Crippen LogP contribution in [0.2, 0.25) is 10.0 Å². The van der Waals surface area contributed by atoms with Gasteiger partial charge < -0.3 is 5.11 Å². The predicted molar refractivity (Wildman–Crippen MR) is 161 cm³/mol. The fourth-order valence-electron chi connectivity index (χ4n) is 6.28. The fourth-order valence-corrected chi connectivity index (χ4v) is 6.53. The van der Waals surface area contributed by atoms with Crippen LogP contribution in [0.5, 0.6) is 0 Å². The third kappa shape index (κ3) is 5.05. The van der Waals surface area contributed by atoms with Crippen molar-refractivity contribution in [1.29, 1.82) is 10.5 Å². The van der Waals surface area contributed by atoms with E-state index in [-0.39, 0.29) is 12.2 Å². The average molecular weight is 580 g/mol. The Morgan fingerprint density at radius 3 is 1.73 bits per heavy atom. The SMILES string of the molecule is Cc1ccc(C(=O)[C@@H]2[C@H](c3ccc(C)cc3)C(C#N)(C#N)[C@H](c3ccc(Cl)cc3)C[C@]2(O)c2ccc(Cl)cc2)cc1. The minimum absolute atomic E-state index is 0.0397. The second-order valence-electron chi connectivity index (χ2n) is 10.9. The van der Waals surface area contributed by atoms with Crippen LogP contribution in [0.3, 0.4) is 0 Å². The highest BCUT2D eigenvalue weighted by Gasteiger charge is 2.64. The molecule has 0 aromatic heterocycles. The van der Waals surface area contributed by atoms with Crippen molar-refractivity contribution >= 4 is 29.0 Å². The number of hydrogen-bond acceptors (Lipinski definition) is 4. The Morgan fingerprint density at radius 1 is 0.756 bits per heavy atom. The number of carbonyl (C=O) groups excluding carboxylic acids is 1. The van der Waals surface area contributed by atoms with Gasteiger partial charge in [0.15, 0.2) is 11.2 Å². The lowest BCUT2D eigenvalue weighted by atomic mass is 9.48. The van der Waals surface area contributed by atoms with Crippen molar-refractivity contribution in [2.75, 3.05) is 0 Å². The molecule has 0 aliphatic heterocycles. The molecule has 4 nitrogen and oxygen atoms in total. The number of aryl methyl sites for hydroxylation is 2. The van der Waals surface area contributed by atoms with E-state index in [1.807, 2.05) is 50.2 Å². The van der Waals surface area contributed by atoms with E-state index < -0.39 is 28.8 Å². The summed E-state index contributed by atoms with van der Waals surface area (Å²) in [5.74, 6) is -3.21. The summed E-state index contributed by atoms with van der Waals surface area (Å²) in [6, 6.07) is 33.2. The van der Waals surface area contributed by atoms with E-state index in [2.05, 4.69) is 12.1 Å². The van der Waals surface area contributed by atoms with Crippen LogP contribution in [0.4, 0.5) is 0 Å². The first-order valence-electron chi connectivity index (χ1n) is 13.4. The van der Waals surface area contributed by atoms with Crippen LogP contribution in [0.15, 0.2) is 97.1 Å². The van der Waals surface area contributed by atoms with Gasteiger partial charge in [-0.25, -0.2) is 0 Å². The van der Waals surface area contributed by atoms with E-state index in [0.717, 1.165) is 11.1 Å². The first-order chi connectivity index (χ1) is 19.6. The van der Waals surface area contributed by atoms with E-state index in [1.54, 1.807) is 60.7 Å². The molecule has 0 saturated heterocycles. The van der Waals surface area contributed by atoms with Gasteiger partial charge in [-0.1, -0.05) is 107 Å². The minimum atomic E-state index is -1.75. The molecular weight excluding hydrogens is 551 g/mol. The molecule has 41 heavy (non-hydrogen) atoms. The molecule has 0 unspecified atom stereocenters. The van der Waals surface area contributed by atoms with Crippen molar-refractivity contribution in [2.45, 2.75) is 37.7 Å². The predicted octanol–water partition coefficient (Wildman–Crippen LogP) is 8.30. The van der Waals surface area contributed by atoms with Crippen molar-refractivity contribution in [3.63, 3.8) is 0 Å². The molecule has 4 aromatic carbocycles. The summed E-state index contributed by atoms with van der Waals surface area (Å²) in [5.41, 5.74) is 0.759. The van der Waals surface area contributed by atoms with Gasteiger partial charge in [-0.05, 0) is 61.2 Å². The molecular formula is C35H28Cl2N2O2. The molecule has 6 heteroatoms. The Bertz CT molecular complexity index is 1640. The summed E-state index contributed by atoms with van der Waals surface area (Å²) in [7, 11) is 0. The van der Waals surface area contributed by atoms with E-state index in [1.165, 1.54) is 0 Å². The first kappa shape index (κ1) is 28.6. The highest BCUT2D eigenvalue weighted by molar-refractivity contribution is 6.30. The molecule has 1 N–H and O–H groups in total. The van der Waals surface area contributed by atoms with E-state index in [4.69, 9.17) is 23.2 Å². The lowest BCUT2D eigenvalue weighted by Crippen LogP contribution is -2.55. The molecule has 0 radical (unpaired) electrons. The number of carbonyl (C=O) groups is 1. The van der Waals surface area contributed by atoms with Crippen LogP contribution in [0.1, 0.15) is 56.4 Å². The van der Waals surface area contributed by atoms with Crippen LogP contribution in [-0.4, -0.2) is 10.9 Å². The molecule has 1 fully saturated rings. The van der Waals surface area contributed by atoms with Gasteiger partial charge in [-0.3, -0.25) is 4.79 Å². The number of nitriles is 2.